The predicted octanol–water partition coefficient (Wildman–Crippen LogP) is 0.299. The van der Waals surface area contributed by atoms with Crippen LogP contribution in [-0.4, -0.2) is 49.8 Å². The van der Waals surface area contributed by atoms with E-state index in [0.717, 1.165) is 0 Å². The summed E-state index contributed by atoms with van der Waals surface area (Å²) in [5.74, 6) is 0.653. The highest BCUT2D eigenvalue weighted by atomic mass is 16.3. The molecule has 2 atom stereocenters. The maximum atomic E-state index is 9.16. The van der Waals surface area contributed by atoms with Gasteiger partial charge in [-0.25, -0.2) is 0 Å². The van der Waals surface area contributed by atoms with Crippen LogP contribution in [-0.2, 0) is 0 Å². The number of rotatable bonds is 3. The monoisotopic (exact) mass is 186 g/mol. The Hall–Kier alpha value is -0.120. The molecule has 0 saturated carbocycles. The largest absolute Gasteiger partial charge is 0.395 e. The van der Waals surface area contributed by atoms with Gasteiger partial charge in [0.15, 0.2) is 0 Å². The lowest BCUT2D eigenvalue weighted by molar-refractivity contribution is 0.194. The molecule has 0 spiro atoms. The molecule has 78 valence electrons. The second-order valence-electron chi connectivity index (χ2n) is 4.07. The van der Waals surface area contributed by atoms with Crippen molar-refractivity contribution in [3.05, 3.63) is 0 Å². The zero-order valence-corrected chi connectivity index (χ0v) is 8.79. The highest BCUT2D eigenvalue weighted by Crippen LogP contribution is 2.19. The Morgan fingerprint density at radius 2 is 2.23 bits per heavy atom. The van der Waals surface area contributed by atoms with Gasteiger partial charge in [-0.15, -0.1) is 0 Å². The molecule has 0 aromatic rings. The van der Waals surface area contributed by atoms with Crippen LogP contribution in [0.2, 0.25) is 0 Å². The molecular formula is C10H22N2O. The molecule has 13 heavy (non-hydrogen) atoms. The Labute approximate surface area is 81.1 Å². The summed E-state index contributed by atoms with van der Waals surface area (Å²) in [6.07, 6.45) is 3.72. The number of likely N-dealkylation sites (tertiary alicyclic amines) is 1. The molecule has 0 bridgehead atoms. The van der Waals surface area contributed by atoms with Gasteiger partial charge in [0.2, 0.25) is 0 Å². The second kappa shape index (κ2) is 5.58. The number of hydrogen-bond donors (Lipinski definition) is 2. The number of aliphatic hydroxyl groups excluding tert-OH is 1. The highest BCUT2D eigenvalue weighted by molar-refractivity contribution is 4.78. The van der Waals surface area contributed by atoms with Gasteiger partial charge in [-0.1, -0.05) is 0 Å². The van der Waals surface area contributed by atoms with Crippen molar-refractivity contribution < 1.29 is 5.11 Å². The summed E-state index contributed by atoms with van der Waals surface area (Å²) >= 11 is 0. The fourth-order valence-corrected chi connectivity index (χ4v) is 2.14. The fourth-order valence-electron chi connectivity index (χ4n) is 2.14. The van der Waals surface area contributed by atoms with Gasteiger partial charge < -0.3 is 15.3 Å². The summed E-state index contributed by atoms with van der Waals surface area (Å²) in [7, 11) is 4.12. The molecule has 1 fully saturated rings. The summed E-state index contributed by atoms with van der Waals surface area (Å²) < 4.78 is 0. The third kappa shape index (κ3) is 3.25. The maximum Gasteiger partial charge on any atom is 0.0587 e. The van der Waals surface area contributed by atoms with Gasteiger partial charge >= 0.3 is 0 Å². The zero-order chi connectivity index (χ0) is 9.68. The standard InChI is InChI=1S/C10H22N2O/c1-11-10(8-13)9-4-3-6-12(2)7-5-9/h9-11,13H,3-8H2,1-2H3. The summed E-state index contributed by atoms with van der Waals surface area (Å²) in [5.41, 5.74) is 0. The van der Waals surface area contributed by atoms with Crippen LogP contribution in [0.5, 0.6) is 0 Å². The molecule has 3 heteroatoms. The first-order valence-corrected chi connectivity index (χ1v) is 5.24. The van der Waals surface area contributed by atoms with E-state index < -0.39 is 0 Å². The molecule has 0 aromatic carbocycles. The van der Waals surface area contributed by atoms with E-state index in [9.17, 15) is 0 Å². The van der Waals surface area contributed by atoms with E-state index >= 15 is 0 Å². The minimum atomic E-state index is 0.269. The first-order chi connectivity index (χ1) is 6.27. The maximum absolute atomic E-state index is 9.16. The van der Waals surface area contributed by atoms with Crippen molar-refractivity contribution in [1.82, 2.24) is 10.2 Å². The quantitative estimate of drug-likeness (QED) is 0.665. The van der Waals surface area contributed by atoms with Crippen LogP contribution in [0.3, 0.4) is 0 Å². The lowest BCUT2D eigenvalue weighted by Gasteiger charge is -2.23. The molecule has 3 nitrogen and oxygen atoms in total. The van der Waals surface area contributed by atoms with Crippen LogP contribution in [0.15, 0.2) is 0 Å². The van der Waals surface area contributed by atoms with Crippen LogP contribution < -0.4 is 5.32 Å². The Morgan fingerprint density at radius 3 is 2.85 bits per heavy atom. The van der Waals surface area contributed by atoms with Crippen molar-refractivity contribution >= 4 is 0 Å². The molecule has 1 saturated heterocycles. The van der Waals surface area contributed by atoms with Crippen LogP contribution in [0.4, 0.5) is 0 Å². The third-order valence-corrected chi connectivity index (χ3v) is 3.13. The van der Waals surface area contributed by atoms with E-state index in [1.807, 2.05) is 7.05 Å². The SMILES string of the molecule is CNC(CO)C1CCCN(C)CC1. The normalized spacial score (nSPS) is 28.4. The Bertz CT molecular complexity index is 137. The summed E-state index contributed by atoms with van der Waals surface area (Å²) in [6, 6.07) is 0.298. The number of nitrogens with one attached hydrogen (secondary N) is 1. The molecule has 1 aliphatic heterocycles. The van der Waals surface area contributed by atoms with Crippen molar-refractivity contribution in [3.63, 3.8) is 0 Å². The Morgan fingerprint density at radius 1 is 1.46 bits per heavy atom. The predicted molar refractivity (Wildman–Crippen MR) is 54.8 cm³/mol. The van der Waals surface area contributed by atoms with Crippen LogP contribution in [0.25, 0.3) is 0 Å². The smallest absolute Gasteiger partial charge is 0.0587 e. The van der Waals surface area contributed by atoms with Gasteiger partial charge in [-0.3, -0.25) is 0 Å². The van der Waals surface area contributed by atoms with E-state index in [0.29, 0.717) is 12.0 Å². The highest BCUT2D eigenvalue weighted by Gasteiger charge is 2.21. The fraction of sp³-hybridized carbons (Fsp3) is 1.00. The minimum absolute atomic E-state index is 0.269. The molecule has 1 aliphatic rings. The van der Waals surface area contributed by atoms with Gasteiger partial charge in [0.05, 0.1) is 6.61 Å². The van der Waals surface area contributed by atoms with Crippen molar-refractivity contribution in [2.45, 2.75) is 25.3 Å². The molecule has 0 aromatic heterocycles. The topological polar surface area (TPSA) is 35.5 Å². The van der Waals surface area contributed by atoms with E-state index in [1.54, 1.807) is 0 Å². The molecule has 2 unspecified atom stereocenters. The lowest BCUT2D eigenvalue weighted by Crippen LogP contribution is -2.37. The van der Waals surface area contributed by atoms with Gasteiger partial charge in [-0.2, -0.15) is 0 Å². The molecule has 1 heterocycles. The lowest BCUT2D eigenvalue weighted by atomic mass is 9.93. The third-order valence-electron chi connectivity index (χ3n) is 3.13. The van der Waals surface area contributed by atoms with Crippen molar-refractivity contribution in [2.24, 2.45) is 5.92 Å². The molecular weight excluding hydrogens is 164 g/mol. The van der Waals surface area contributed by atoms with E-state index in [1.165, 1.54) is 32.4 Å². The summed E-state index contributed by atoms with van der Waals surface area (Å²) in [6.45, 7) is 2.64. The number of likely N-dealkylation sites (N-methyl/N-ethyl adjacent to an activating group) is 1. The molecule has 2 N–H and O–H groups in total. The Kier molecular flexibility index (Phi) is 4.70. The first kappa shape index (κ1) is 11.0. The molecule has 0 aliphatic carbocycles. The van der Waals surface area contributed by atoms with Crippen LogP contribution >= 0.6 is 0 Å². The van der Waals surface area contributed by atoms with Crippen molar-refractivity contribution in [3.8, 4) is 0 Å². The molecule has 0 amide bonds. The summed E-state index contributed by atoms with van der Waals surface area (Å²) in [5, 5.41) is 12.4. The van der Waals surface area contributed by atoms with Gasteiger partial charge in [-0.05, 0) is 52.4 Å². The van der Waals surface area contributed by atoms with E-state index in [4.69, 9.17) is 5.11 Å². The summed E-state index contributed by atoms with van der Waals surface area (Å²) in [4.78, 5) is 2.38. The van der Waals surface area contributed by atoms with Crippen molar-refractivity contribution in [1.29, 1.82) is 0 Å². The van der Waals surface area contributed by atoms with E-state index in [2.05, 4.69) is 17.3 Å². The zero-order valence-electron chi connectivity index (χ0n) is 8.79. The average Bonchev–Trinajstić information content (AvgIpc) is 2.34. The van der Waals surface area contributed by atoms with Crippen LogP contribution in [0, 0.1) is 5.92 Å². The second-order valence-corrected chi connectivity index (χ2v) is 4.07. The number of nitrogens with zero attached hydrogens (tertiary/aromatic N) is 1. The minimum Gasteiger partial charge on any atom is -0.395 e. The van der Waals surface area contributed by atoms with E-state index in [-0.39, 0.29) is 6.61 Å². The van der Waals surface area contributed by atoms with Crippen molar-refractivity contribution in [2.75, 3.05) is 33.8 Å². The van der Waals surface area contributed by atoms with Gasteiger partial charge in [0.1, 0.15) is 0 Å². The average molecular weight is 186 g/mol. The van der Waals surface area contributed by atoms with Gasteiger partial charge in [0.25, 0.3) is 0 Å². The van der Waals surface area contributed by atoms with Gasteiger partial charge in [0, 0.05) is 6.04 Å². The first-order valence-electron chi connectivity index (χ1n) is 5.24. The number of hydrogen-bond acceptors (Lipinski definition) is 3. The molecule has 1 rings (SSSR count). The molecule has 0 radical (unpaired) electrons. The Balaban J connectivity index is 2.40. The number of aliphatic hydroxyl groups is 1. The van der Waals surface area contributed by atoms with Crippen LogP contribution in [0.1, 0.15) is 19.3 Å².